The molecule has 10 heteroatoms. The molecule has 3 N–H and O–H groups in total. The SMILES string of the molecule is Nc1c([N+](=O)[O-])cccc1S(=O)(=O)NC(=O)c1ccc(-c2ccc(F)cc2)cc1. The fraction of sp³-hybridized carbons (Fsp3) is 0. The van der Waals surface area contributed by atoms with E-state index in [-0.39, 0.29) is 11.4 Å². The largest absolute Gasteiger partial charge is 0.392 e. The molecule has 0 atom stereocenters. The van der Waals surface area contributed by atoms with Crippen LogP contribution in [0, 0.1) is 15.9 Å². The summed E-state index contributed by atoms with van der Waals surface area (Å²) in [7, 11) is -4.43. The molecule has 29 heavy (non-hydrogen) atoms. The number of nitro groups is 1. The molecule has 0 unspecified atom stereocenters. The van der Waals surface area contributed by atoms with E-state index in [2.05, 4.69) is 0 Å². The number of nitrogen functional groups attached to an aromatic ring is 1. The van der Waals surface area contributed by atoms with Gasteiger partial charge in [-0.1, -0.05) is 30.3 Å². The van der Waals surface area contributed by atoms with Crippen LogP contribution < -0.4 is 10.5 Å². The Hall–Kier alpha value is -3.79. The van der Waals surface area contributed by atoms with E-state index in [9.17, 15) is 27.7 Å². The van der Waals surface area contributed by atoms with Gasteiger partial charge in [0.15, 0.2) is 0 Å². The van der Waals surface area contributed by atoms with Gasteiger partial charge < -0.3 is 5.73 Å². The number of hydrogen-bond acceptors (Lipinski definition) is 6. The van der Waals surface area contributed by atoms with Gasteiger partial charge >= 0.3 is 0 Å². The number of amides is 1. The molecule has 0 bridgehead atoms. The summed E-state index contributed by atoms with van der Waals surface area (Å²) in [5.74, 6) is -1.31. The van der Waals surface area contributed by atoms with Crippen molar-refractivity contribution in [2.75, 3.05) is 5.73 Å². The summed E-state index contributed by atoms with van der Waals surface area (Å²) in [5, 5.41) is 10.9. The van der Waals surface area contributed by atoms with Gasteiger partial charge in [0.05, 0.1) is 4.92 Å². The lowest BCUT2D eigenvalue weighted by Gasteiger charge is -2.10. The molecule has 148 valence electrons. The second kappa shape index (κ2) is 7.68. The molecule has 0 fully saturated rings. The third-order valence-corrected chi connectivity index (χ3v) is 5.47. The minimum Gasteiger partial charge on any atom is -0.392 e. The molecule has 3 aromatic rings. The molecule has 0 spiro atoms. The van der Waals surface area contributed by atoms with Crippen molar-refractivity contribution < 1.29 is 22.5 Å². The van der Waals surface area contributed by atoms with Gasteiger partial charge in [0.1, 0.15) is 16.4 Å². The first-order valence-corrected chi connectivity index (χ1v) is 9.63. The highest BCUT2D eigenvalue weighted by molar-refractivity contribution is 7.90. The van der Waals surface area contributed by atoms with E-state index < -0.39 is 37.1 Å². The lowest BCUT2D eigenvalue weighted by atomic mass is 10.0. The fourth-order valence-corrected chi connectivity index (χ4v) is 3.74. The molecule has 3 rings (SSSR count). The number of benzene rings is 3. The molecule has 0 radical (unpaired) electrons. The van der Waals surface area contributed by atoms with Crippen molar-refractivity contribution in [3.63, 3.8) is 0 Å². The van der Waals surface area contributed by atoms with Crippen LogP contribution in [0.5, 0.6) is 0 Å². The Bertz CT molecular complexity index is 1190. The first kappa shape index (κ1) is 20.0. The number of nitrogens with one attached hydrogen (secondary N) is 1. The first-order valence-electron chi connectivity index (χ1n) is 8.15. The second-order valence-electron chi connectivity index (χ2n) is 5.96. The normalized spacial score (nSPS) is 11.1. The minimum absolute atomic E-state index is 0.0449. The van der Waals surface area contributed by atoms with E-state index in [0.29, 0.717) is 5.56 Å². The van der Waals surface area contributed by atoms with E-state index in [1.165, 1.54) is 24.3 Å². The average Bonchev–Trinajstić information content (AvgIpc) is 2.68. The van der Waals surface area contributed by atoms with Crippen LogP contribution in [0.3, 0.4) is 0 Å². The summed E-state index contributed by atoms with van der Waals surface area (Å²) in [4.78, 5) is 21.9. The third kappa shape index (κ3) is 4.22. The zero-order chi connectivity index (χ0) is 21.2. The highest BCUT2D eigenvalue weighted by Crippen LogP contribution is 2.28. The summed E-state index contributed by atoms with van der Waals surface area (Å²) in [5.41, 5.74) is 5.90. The first-order chi connectivity index (χ1) is 13.7. The predicted octanol–water partition coefficient (Wildman–Crippen LogP) is 3.10. The number of carbonyl (C=O) groups excluding carboxylic acids is 1. The number of anilines is 1. The summed E-state index contributed by atoms with van der Waals surface area (Å²) < 4.78 is 39.8. The lowest BCUT2D eigenvalue weighted by Crippen LogP contribution is -2.31. The summed E-state index contributed by atoms with van der Waals surface area (Å²) in [6.07, 6.45) is 0. The van der Waals surface area contributed by atoms with Gasteiger partial charge in [-0.25, -0.2) is 17.5 Å². The molecule has 0 saturated carbocycles. The third-order valence-electron chi connectivity index (χ3n) is 4.08. The highest BCUT2D eigenvalue weighted by atomic mass is 32.2. The number of nitro benzene ring substituents is 1. The van der Waals surface area contributed by atoms with Crippen molar-refractivity contribution >= 4 is 27.3 Å². The van der Waals surface area contributed by atoms with Gasteiger partial charge in [-0.15, -0.1) is 0 Å². The topological polar surface area (TPSA) is 132 Å². The van der Waals surface area contributed by atoms with Crippen LogP contribution in [0.15, 0.2) is 71.6 Å². The number of nitrogens with two attached hydrogens (primary N) is 1. The van der Waals surface area contributed by atoms with Crippen molar-refractivity contribution in [3.05, 3.63) is 88.2 Å². The molecule has 3 aromatic carbocycles. The number of sulfonamides is 1. The molecule has 0 aliphatic heterocycles. The summed E-state index contributed by atoms with van der Waals surface area (Å²) in [6.45, 7) is 0. The summed E-state index contributed by atoms with van der Waals surface area (Å²) >= 11 is 0. The van der Waals surface area contributed by atoms with Gasteiger partial charge in [0, 0.05) is 11.6 Å². The zero-order valence-electron chi connectivity index (χ0n) is 14.7. The average molecular weight is 415 g/mol. The highest BCUT2D eigenvalue weighted by Gasteiger charge is 2.26. The Morgan fingerprint density at radius 1 is 0.966 bits per heavy atom. The van der Waals surface area contributed by atoms with Crippen LogP contribution in [0.4, 0.5) is 15.8 Å². The van der Waals surface area contributed by atoms with Gasteiger partial charge in [-0.2, -0.15) is 0 Å². The van der Waals surface area contributed by atoms with Crippen LogP contribution in [0.25, 0.3) is 11.1 Å². The van der Waals surface area contributed by atoms with E-state index in [1.807, 2.05) is 4.72 Å². The maximum absolute atomic E-state index is 13.0. The standard InChI is InChI=1S/C19H14FN3O5S/c20-15-10-8-13(9-11-15)12-4-6-14(7-5-12)19(24)22-29(27,28)17-3-1-2-16(18(17)21)23(25)26/h1-11H,21H2,(H,22,24). The Labute approximate surface area is 165 Å². The van der Waals surface area contributed by atoms with E-state index in [4.69, 9.17) is 5.73 Å². The van der Waals surface area contributed by atoms with E-state index in [1.54, 1.807) is 24.3 Å². The van der Waals surface area contributed by atoms with E-state index >= 15 is 0 Å². The van der Waals surface area contributed by atoms with Gasteiger partial charge in [0.25, 0.3) is 21.6 Å². The number of para-hydroxylation sites is 1. The Morgan fingerprint density at radius 2 is 1.52 bits per heavy atom. The lowest BCUT2D eigenvalue weighted by molar-refractivity contribution is -0.384. The fourth-order valence-electron chi connectivity index (χ4n) is 2.62. The molecule has 0 saturated heterocycles. The molecule has 8 nitrogen and oxygen atoms in total. The minimum atomic E-state index is -4.43. The maximum Gasteiger partial charge on any atom is 0.293 e. The van der Waals surface area contributed by atoms with Crippen molar-refractivity contribution in [2.24, 2.45) is 0 Å². The molecule has 0 aliphatic rings. The number of halogens is 1. The monoisotopic (exact) mass is 415 g/mol. The van der Waals surface area contributed by atoms with Crippen LogP contribution in [0.2, 0.25) is 0 Å². The smallest absolute Gasteiger partial charge is 0.293 e. The molecule has 1 amide bonds. The van der Waals surface area contributed by atoms with Crippen molar-refractivity contribution in [2.45, 2.75) is 4.90 Å². The number of hydrogen-bond donors (Lipinski definition) is 2. The number of carbonyl (C=O) groups is 1. The van der Waals surface area contributed by atoms with Crippen LogP contribution >= 0.6 is 0 Å². The van der Waals surface area contributed by atoms with Gasteiger partial charge in [0.2, 0.25) is 0 Å². The Morgan fingerprint density at radius 3 is 2.07 bits per heavy atom. The molecule has 0 aromatic heterocycles. The van der Waals surface area contributed by atoms with Crippen molar-refractivity contribution in [3.8, 4) is 11.1 Å². The Kier molecular flexibility index (Phi) is 5.29. The quantitative estimate of drug-likeness (QED) is 0.374. The maximum atomic E-state index is 13.0. The molecular formula is C19H14FN3O5S. The molecule has 0 aliphatic carbocycles. The van der Waals surface area contributed by atoms with Crippen molar-refractivity contribution in [1.29, 1.82) is 0 Å². The number of nitrogens with zero attached hydrogens (tertiary/aromatic N) is 1. The second-order valence-corrected chi connectivity index (χ2v) is 7.62. The van der Waals surface area contributed by atoms with Gasteiger partial charge in [-0.3, -0.25) is 14.9 Å². The predicted molar refractivity (Wildman–Crippen MR) is 104 cm³/mol. The van der Waals surface area contributed by atoms with Crippen LogP contribution in [-0.4, -0.2) is 19.2 Å². The molecule has 0 heterocycles. The van der Waals surface area contributed by atoms with Crippen molar-refractivity contribution in [1.82, 2.24) is 4.72 Å². The van der Waals surface area contributed by atoms with Crippen LogP contribution in [0.1, 0.15) is 10.4 Å². The zero-order valence-corrected chi connectivity index (χ0v) is 15.5. The van der Waals surface area contributed by atoms with Gasteiger partial charge in [-0.05, 0) is 41.5 Å². The molecular weight excluding hydrogens is 401 g/mol. The Balaban J connectivity index is 1.83. The van der Waals surface area contributed by atoms with E-state index in [0.717, 1.165) is 23.8 Å². The summed E-state index contributed by atoms with van der Waals surface area (Å²) in [6, 6.07) is 15.0. The van der Waals surface area contributed by atoms with Crippen LogP contribution in [-0.2, 0) is 10.0 Å². The number of rotatable bonds is 5.